The Balaban J connectivity index is 1.11. The van der Waals surface area contributed by atoms with E-state index in [2.05, 4.69) is 159 Å². The van der Waals surface area contributed by atoms with Crippen LogP contribution in [0.4, 0.5) is 0 Å². The molecule has 6 heteroatoms. The molecule has 0 spiro atoms. The van der Waals surface area contributed by atoms with Crippen molar-refractivity contribution < 1.29 is 0 Å². The number of hydrogen-bond donors (Lipinski definition) is 0. The van der Waals surface area contributed by atoms with Gasteiger partial charge >= 0.3 is 0 Å². The first-order chi connectivity index (χ1) is 28.3. The zero-order valence-electron chi connectivity index (χ0n) is 30.5. The lowest BCUT2D eigenvalue weighted by molar-refractivity contribution is 0.953. The summed E-state index contributed by atoms with van der Waals surface area (Å²) < 4.78 is 7.11. The van der Waals surface area contributed by atoms with Crippen LogP contribution >= 0.6 is 0 Å². The van der Waals surface area contributed by atoms with Crippen LogP contribution in [0.1, 0.15) is 0 Å². The number of benzene rings is 8. The van der Waals surface area contributed by atoms with Gasteiger partial charge in [-0.3, -0.25) is 4.57 Å². The van der Waals surface area contributed by atoms with Crippen molar-refractivity contribution in [2.24, 2.45) is 0 Å². The second-order valence-corrected chi connectivity index (χ2v) is 14.8. The Morgan fingerprint density at radius 3 is 1.44 bits per heavy atom. The lowest BCUT2D eigenvalue weighted by atomic mass is 10.1. The predicted octanol–water partition coefficient (Wildman–Crippen LogP) is 12.5. The van der Waals surface area contributed by atoms with E-state index in [9.17, 15) is 0 Å². The molecular formula is C51H30N6. The summed E-state index contributed by atoms with van der Waals surface area (Å²) in [5.74, 6) is 1.85. The fraction of sp³-hybridized carbons (Fsp3) is 0. The third-order valence-electron chi connectivity index (χ3n) is 11.8. The highest BCUT2D eigenvalue weighted by Crippen LogP contribution is 2.44. The largest absolute Gasteiger partial charge is 0.309 e. The van der Waals surface area contributed by atoms with Gasteiger partial charge in [0.05, 0.1) is 38.6 Å². The smallest absolute Gasteiger partial charge is 0.238 e. The van der Waals surface area contributed by atoms with Crippen molar-refractivity contribution in [1.29, 1.82) is 0 Å². The quantitative estimate of drug-likeness (QED) is 0.181. The predicted molar refractivity (Wildman–Crippen MR) is 234 cm³/mol. The summed E-state index contributed by atoms with van der Waals surface area (Å²) in [6, 6.07) is 64.7. The Hall–Kier alpha value is -7.83. The van der Waals surface area contributed by atoms with Crippen LogP contribution in [0.25, 0.3) is 116 Å². The van der Waals surface area contributed by atoms with Crippen LogP contribution in [-0.4, -0.2) is 28.5 Å². The normalized spacial score (nSPS) is 12.2. The molecule has 13 aromatic rings. The highest BCUT2D eigenvalue weighted by molar-refractivity contribution is 6.29. The number of para-hydroxylation sites is 4. The summed E-state index contributed by atoms with van der Waals surface area (Å²) in [7, 11) is 0. The molecular weight excluding hydrogens is 697 g/mol. The van der Waals surface area contributed by atoms with E-state index in [4.69, 9.17) is 15.0 Å². The molecule has 0 bridgehead atoms. The average Bonchev–Trinajstić information content (AvgIpc) is 4.01. The SMILES string of the molecule is c1ccc(-c2nc(-c3ccccc3)nc(-n3c4ccccc4c4c5c6ccccc6n(-c6ccc7c8cccc9c%10ccccc%10n(c7c6)c98)c5ccc43)n2)cc1. The molecule has 5 aromatic heterocycles. The van der Waals surface area contributed by atoms with Gasteiger partial charge in [0.25, 0.3) is 0 Å². The molecule has 264 valence electrons. The maximum Gasteiger partial charge on any atom is 0.238 e. The van der Waals surface area contributed by atoms with Crippen LogP contribution in [-0.2, 0) is 0 Å². The van der Waals surface area contributed by atoms with Crippen LogP contribution in [0.3, 0.4) is 0 Å². The monoisotopic (exact) mass is 726 g/mol. The molecule has 5 heterocycles. The Labute approximate surface area is 325 Å². The summed E-state index contributed by atoms with van der Waals surface area (Å²) in [5, 5.41) is 9.85. The number of nitrogens with zero attached hydrogens (tertiary/aromatic N) is 6. The molecule has 13 rings (SSSR count). The van der Waals surface area contributed by atoms with E-state index < -0.39 is 0 Å². The van der Waals surface area contributed by atoms with Gasteiger partial charge in [-0.1, -0.05) is 140 Å². The molecule has 0 saturated heterocycles. The molecule has 0 saturated carbocycles. The minimum atomic E-state index is 0.584. The lowest BCUT2D eigenvalue weighted by Gasteiger charge is -2.11. The van der Waals surface area contributed by atoms with Gasteiger partial charge in [-0.15, -0.1) is 0 Å². The first-order valence-corrected chi connectivity index (χ1v) is 19.3. The molecule has 0 aliphatic carbocycles. The molecule has 0 fully saturated rings. The van der Waals surface area contributed by atoms with Crippen molar-refractivity contribution in [2.75, 3.05) is 0 Å². The molecule has 6 nitrogen and oxygen atoms in total. The van der Waals surface area contributed by atoms with E-state index >= 15 is 0 Å². The van der Waals surface area contributed by atoms with E-state index in [1.54, 1.807) is 0 Å². The van der Waals surface area contributed by atoms with Gasteiger partial charge in [0.15, 0.2) is 11.6 Å². The molecule has 0 aliphatic rings. The van der Waals surface area contributed by atoms with Crippen LogP contribution < -0.4 is 0 Å². The van der Waals surface area contributed by atoms with E-state index in [0.29, 0.717) is 17.6 Å². The summed E-state index contributed by atoms with van der Waals surface area (Å²) in [6.07, 6.45) is 0. The zero-order chi connectivity index (χ0) is 37.2. The minimum Gasteiger partial charge on any atom is -0.309 e. The fourth-order valence-electron chi connectivity index (χ4n) is 9.47. The lowest BCUT2D eigenvalue weighted by Crippen LogP contribution is -2.06. The summed E-state index contributed by atoms with van der Waals surface area (Å²) in [5.41, 5.74) is 11.1. The maximum absolute atomic E-state index is 5.18. The van der Waals surface area contributed by atoms with Gasteiger partial charge in [0.2, 0.25) is 5.95 Å². The third kappa shape index (κ3) is 4.16. The van der Waals surface area contributed by atoms with Crippen molar-refractivity contribution in [2.45, 2.75) is 0 Å². The zero-order valence-corrected chi connectivity index (χ0v) is 30.5. The van der Waals surface area contributed by atoms with Gasteiger partial charge < -0.3 is 8.97 Å². The molecule has 8 aromatic carbocycles. The van der Waals surface area contributed by atoms with Gasteiger partial charge in [0, 0.05) is 59.9 Å². The van der Waals surface area contributed by atoms with Crippen LogP contribution in [0.5, 0.6) is 0 Å². The van der Waals surface area contributed by atoms with Crippen molar-refractivity contribution in [3.8, 4) is 34.4 Å². The van der Waals surface area contributed by atoms with Crippen LogP contribution in [0, 0.1) is 0 Å². The van der Waals surface area contributed by atoms with Gasteiger partial charge in [-0.05, 0) is 42.5 Å². The second kappa shape index (κ2) is 11.4. The summed E-state index contributed by atoms with van der Waals surface area (Å²) in [6.45, 7) is 0. The highest BCUT2D eigenvalue weighted by Gasteiger charge is 2.24. The molecule has 57 heavy (non-hydrogen) atoms. The number of aromatic nitrogens is 6. The van der Waals surface area contributed by atoms with Crippen molar-refractivity contribution in [1.82, 2.24) is 28.5 Å². The van der Waals surface area contributed by atoms with E-state index in [-0.39, 0.29) is 0 Å². The molecule has 0 atom stereocenters. The van der Waals surface area contributed by atoms with Gasteiger partial charge in [-0.2, -0.15) is 9.97 Å². The minimum absolute atomic E-state index is 0.584. The van der Waals surface area contributed by atoms with Gasteiger partial charge in [-0.25, -0.2) is 4.98 Å². The van der Waals surface area contributed by atoms with Crippen LogP contribution in [0.15, 0.2) is 182 Å². The van der Waals surface area contributed by atoms with Gasteiger partial charge in [0.1, 0.15) is 0 Å². The van der Waals surface area contributed by atoms with Crippen molar-refractivity contribution in [3.63, 3.8) is 0 Å². The molecule has 0 N–H and O–H groups in total. The number of hydrogen-bond acceptors (Lipinski definition) is 3. The average molecular weight is 727 g/mol. The first kappa shape index (κ1) is 30.5. The molecule has 0 unspecified atom stereocenters. The maximum atomic E-state index is 5.18. The van der Waals surface area contributed by atoms with E-state index in [1.807, 2.05) is 36.4 Å². The molecule has 0 radical (unpaired) electrons. The van der Waals surface area contributed by atoms with E-state index in [1.165, 1.54) is 54.3 Å². The summed E-state index contributed by atoms with van der Waals surface area (Å²) in [4.78, 5) is 15.4. The second-order valence-electron chi connectivity index (χ2n) is 14.8. The third-order valence-corrected chi connectivity index (χ3v) is 11.8. The van der Waals surface area contributed by atoms with Crippen LogP contribution in [0.2, 0.25) is 0 Å². The topological polar surface area (TPSA) is 52.9 Å². The Kier molecular flexibility index (Phi) is 6.07. The van der Waals surface area contributed by atoms with Crippen molar-refractivity contribution in [3.05, 3.63) is 182 Å². The summed E-state index contributed by atoms with van der Waals surface area (Å²) >= 11 is 0. The Morgan fingerprint density at radius 1 is 0.316 bits per heavy atom. The Morgan fingerprint density at radius 2 is 0.807 bits per heavy atom. The first-order valence-electron chi connectivity index (χ1n) is 19.3. The van der Waals surface area contributed by atoms with E-state index in [0.717, 1.165) is 44.3 Å². The standard InChI is InChI=1S/C51H30N6/c1-3-14-31(15-4-1)49-52-50(32-16-5-2-6-17-32)54-51(53-49)57-42-25-12-9-20-39(42)47-44(57)29-28-43-46(47)38-19-8-11-24-41(38)55(43)33-26-27-35-37-22-13-21-36-34-18-7-10-23-40(34)56(48(36)37)45(35)30-33/h1-30H. The number of fused-ring (bicyclic) bond motifs is 13. The molecule has 0 amide bonds. The fourth-order valence-corrected chi connectivity index (χ4v) is 9.47. The van der Waals surface area contributed by atoms with Crippen molar-refractivity contribution >= 4 is 81.7 Å². The molecule has 0 aliphatic heterocycles. The highest BCUT2D eigenvalue weighted by atomic mass is 15.2. The Bertz CT molecular complexity index is 3680. The number of rotatable bonds is 4.